The van der Waals surface area contributed by atoms with Crippen LogP contribution < -0.4 is 16.0 Å². The first kappa shape index (κ1) is 15.0. The quantitative estimate of drug-likeness (QED) is 0.794. The number of aromatic nitrogens is 3. The van der Waals surface area contributed by atoms with E-state index in [1.54, 1.807) is 0 Å². The fraction of sp³-hybridized carbons (Fsp3) is 0.750. The van der Waals surface area contributed by atoms with Crippen LogP contribution in [-0.4, -0.2) is 50.3 Å². The molecule has 20 heavy (non-hydrogen) atoms. The zero-order chi connectivity index (χ0) is 14.4. The predicted octanol–water partition coefficient (Wildman–Crippen LogP) is 0.625. The Hall–Kier alpha value is -1.44. The van der Waals surface area contributed by atoms with Crippen LogP contribution in [0.3, 0.4) is 0 Å². The lowest BCUT2D eigenvalue weighted by molar-refractivity contribution is 0.568. The summed E-state index contributed by atoms with van der Waals surface area (Å²) in [5, 5.41) is 3.07. The van der Waals surface area contributed by atoms with E-state index in [1.165, 1.54) is 6.42 Å². The van der Waals surface area contributed by atoms with Crippen molar-refractivity contribution in [3.05, 3.63) is 0 Å². The fourth-order valence-corrected chi connectivity index (χ4v) is 2.73. The van der Waals surface area contributed by atoms with Gasteiger partial charge in [0.1, 0.15) is 0 Å². The number of nitrogens with zero attached hydrogens (tertiary/aromatic N) is 4. The molecule has 7 nitrogen and oxygen atoms in total. The van der Waals surface area contributed by atoms with E-state index in [2.05, 4.69) is 25.2 Å². The van der Waals surface area contributed by atoms with Crippen molar-refractivity contribution in [1.82, 2.24) is 15.0 Å². The Morgan fingerprint density at radius 3 is 2.70 bits per heavy atom. The van der Waals surface area contributed by atoms with E-state index in [1.807, 2.05) is 6.92 Å². The third-order valence-electron chi connectivity index (χ3n) is 3.21. The smallest absolute Gasteiger partial charge is 0.231 e. The summed E-state index contributed by atoms with van der Waals surface area (Å²) in [5.41, 5.74) is 5.73. The maximum Gasteiger partial charge on any atom is 0.231 e. The molecule has 1 fully saturated rings. The molecule has 1 aliphatic heterocycles. The minimum absolute atomic E-state index is 0.222. The van der Waals surface area contributed by atoms with Gasteiger partial charge < -0.3 is 16.0 Å². The molecular weight excluding hydrogens is 276 g/mol. The molecule has 0 spiro atoms. The molecule has 1 unspecified atom stereocenters. The molecule has 2 heterocycles. The van der Waals surface area contributed by atoms with Crippen LogP contribution >= 0.6 is 0 Å². The van der Waals surface area contributed by atoms with E-state index in [0.717, 1.165) is 25.9 Å². The number of nitrogens with one attached hydrogen (secondary N) is 1. The minimum atomic E-state index is -0.791. The molecule has 3 N–H and O–H groups in total. The molecular formula is C12H22N6OS. The molecule has 0 aliphatic carbocycles. The summed E-state index contributed by atoms with van der Waals surface area (Å²) in [6.07, 6.45) is 3.57. The second-order valence-corrected chi connectivity index (χ2v) is 6.59. The van der Waals surface area contributed by atoms with Crippen LogP contribution in [0.15, 0.2) is 0 Å². The summed E-state index contributed by atoms with van der Waals surface area (Å²) in [6, 6.07) is 0. The Kier molecular flexibility index (Phi) is 5.51. The Morgan fingerprint density at radius 2 is 2.00 bits per heavy atom. The van der Waals surface area contributed by atoms with Gasteiger partial charge in [-0.25, -0.2) is 0 Å². The maximum atomic E-state index is 11.4. The van der Waals surface area contributed by atoms with Gasteiger partial charge in [-0.1, -0.05) is 6.92 Å². The van der Waals surface area contributed by atoms with Crippen molar-refractivity contribution in [2.75, 3.05) is 47.1 Å². The maximum absolute atomic E-state index is 11.4. The van der Waals surface area contributed by atoms with E-state index in [4.69, 9.17) is 5.73 Å². The van der Waals surface area contributed by atoms with E-state index < -0.39 is 10.8 Å². The average Bonchev–Trinajstić information content (AvgIpc) is 2.47. The number of hydrogen-bond donors (Lipinski definition) is 2. The van der Waals surface area contributed by atoms with E-state index in [9.17, 15) is 4.21 Å². The number of nitrogens with two attached hydrogens (primary N) is 1. The first-order valence-electron chi connectivity index (χ1n) is 7.04. The molecule has 1 atom stereocenters. The van der Waals surface area contributed by atoms with Crippen molar-refractivity contribution in [3.8, 4) is 0 Å². The van der Waals surface area contributed by atoms with Crippen molar-refractivity contribution in [1.29, 1.82) is 0 Å². The molecule has 1 aromatic rings. The van der Waals surface area contributed by atoms with Crippen LogP contribution in [0.2, 0.25) is 0 Å². The normalized spacial score (nSPS) is 16.9. The largest absolute Gasteiger partial charge is 0.368 e. The van der Waals surface area contributed by atoms with Gasteiger partial charge in [0.25, 0.3) is 0 Å². The van der Waals surface area contributed by atoms with Gasteiger partial charge >= 0.3 is 0 Å². The van der Waals surface area contributed by atoms with E-state index >= 15 is 0 Å². The second kappa shape index (κ2) is 7.37. The highest BCUT2D eigenvalue weighted by molar-refractivity contribution is 7.84. The molecule has 0 saturated carbocycles. The summed E-state index contributed by atoms with van der Waals surface area (Å²) in [7, 11) is -0.791. The number of rotatable bonds is 6. The summed E-state index contributed by atoms with van der Waals surface area (Å²) in [5.74, 6) is 2.57. The van der Waals surface area contributed by atoms with Crippen molar-refractivity contribution in [3.63, 3.8) is 0 Å². The van der Waals surface area contributed by atoms with Gasteiger partial charge in [-0.05, 0) is 19.3 Å². The molecule has 112 valence electrons. The first-order valence-corrected chi connectivity index (χ1v) is 8.53. The Bertz CT molecular complexity index is 463. The van der Waals surface area contributed by atoms with Crippen molar-refractivity contribution >= 4 is 28.6 Å². The lowest BCUT2D eigenvalue weighted by Crippen LogP contribution is -2.31. The molecule has 2 rings (SSSR count). The SMILES string of the molecule is CCS(=O)CCNc1nc(N)nc(N2CCCCC2)n1. The van der Waals surface area contributed by atoms with Crippen molar-refractivity contribution in [2.45, 2.75) is 26.2 Å². The highest BCUT2D eigenvalue weighted by Gasteiger charge is 2.15. The number of hydrogen-bond acceptors (Lipinski definition) is 7. The fourth-order valence-electron chi connectivity index (χ4n) is 2.12. The zero-order valence-electron chi connectivity index (χ0n) is 11.8. The lowest BCUT2D eigenvalue weighted by Gasteiger charge is -2.26. The topological polar surface area (TPSA) is 97.0 Å². The minimum Gasteiger partial charge on any atom is -0.368 e. The Morgan fingerprint density at radius 1 is 1.25 bits per heavy atom. The molecule has 0 aromatic carbocycles. The van der Waals surface area contributed by atoms with Crippen LogP contribution in [0, 0.1) is 0 Å². The standard InChI is InChI=1S/C12H22N6OS/c1-2-20(19)9-6-14-11-15-10(13)16-12(17-11)18-7-4-3-5-8-18/h2-9H2,1H3,(H3,13,14,15,16,17). The summed E-state index contributed by atoms with van der Waals surface area (Å²) in [6.45, 7) is 4.40. The Labute approximate surface area is 121 Å². The third-order valence-corrected chi connectivity index (χ3v) is 4.52. The zero-order valence-corrected chi connectivity index (χ0v) is 12.7. The number of piperidine rings is 1. The molecule has 1 aromatic heterocycles. The van der Waals surface area contributed by atoms with Crippen molar-refractivity contribution < 1.29 is 4.21 Å². The molecule has 1 aliphatic rings. The summed E-state index contributed by atoms with van der Waals surface area (Å²) < 4.78 is 11.4. The van der Waals surface area contributed by atoms with Gasteiger partial charge in [-0.2, -0.15) is 15.0 Å². The van der Waals surface area contributed by atoms with Crippen LogP contribution in [0.4, 0.5) is 17.8 Å². The van der Waals surface area contributed by atoms with Crippen molar-refractivity contribution in [2.24, 2.45) is 0 Å². The van der Waals surface area contributed by atoms with Crippen LogP contribution in [-0.2, 0) is 10.8 Å². The third kappa shape index (κ3) is 4.29. The number of nitrogen functional groups attached to an aromatic ring is 1. The van der Waals surface area contributed by atoms with E-state index in [-0.39, 0.29) is 5.95 Å². The van der Waals surface area contributed by atoms with Gasteiger partial charge in [-0.15, -0.1) is 0 Å². The van der Waals surface area contributed by atoms with Gasteiger partial charge in [0, 0.05) is 41.9 Å². The average molecular weight is 298 g/mol. The van der Waals surface area contributed by atoms with Crippen LogP contribution in [0.25, 0.3) is 0 Å². The van der Waals surface area contributed by atoms with Gasteiger partial charge in [-0.3, -0.25) is 4.21 Å². The highest BCUT2D eigenvalue weighted by Crippen LogP contribution is 2.17. The lowest BCUT2D eigenvalue weighted by atomic mass is 10.1. The molecule has 1 saturated heterocycles. The summed E-state index contributed by atoms with van der Waals surface area (Å²) in [4.78, 5) is 14.8. The number of anilines is 3. The van der Waals surface area contributed by atoms with Gasteiger partial charge in [0.15, 0.2) is 0 Å². The molecule has 8 heteroatoms. The molecule has 0 bridgehead atoms. The Balaban J connectivity index is 1.98. The van der Waals surface area contributed by atoms with Crippen LogP contribution in [0.1, 0.15) is 26.2 Å². The monoisotopic (exact) mass is 298 g/mol. The predicted molar refractivity (Wildman–Crippen MR) is 82.3 cm³/mol. The summed E-state index contributed by atoms with van der Waals surface area (Å²) >= 11 is 0. The van der Waals surface area contributed by atoms with Gasteiger partial charge in [0.2, 0.25) is 17.8 Å². The first-order chi connectivity index (χ1) is 9.69. The molecule has 0 amide bonds. The highest BCUT2D eigenvalue weighted by atomic mass is 32.2. The van der Waals surface area contributed by atoms with Crippen LogP contribution in [0.5, 0.6) is 0 Å². The van der Waals surface area contributed by atoms with Gasteiger partial charge in [0.05, 0.1) is 0 Å². The molecule has 0 radical (unpaired) electrons. The van der Waals surface area contributed by atoms with E-state index in [0.29, 0.717) is 29.9 Å². The second-order valence-electron chi connectivity index (χ2n) is 4.72.